The largest absolute Gasteiger partial charge is 0.457 e. The van der Waals surface area contributed by atoms with Crippen molar-refractivity contribution < 1.29 is 9.30 Å². The van der Waals surface area contributed by atoms with E-state index in [-0.39, 0.29) is 0 Å². The van der Waals surface area contributed by atoms with E-state index < -0.39 is 12.6 Å². The van der Waals surface area contributed by atoms with Gasteiger partial charge in [0.05, 0.1) is 5.41 Å². The summed E-state index contributed by atoms with van der Waals surface area (Å²) in [5, 5.41) is 2.50. The van der Waals surface area contributed by atoms with Gasteiger partial charge < -0.3 is 9.30 Å². The van der Waals surface area contributed by atoms with Crippen LogP contribution in [-0.2, 0) is 9.98 Å². The average molecular weight is 609 g/mol. The molecule has 1 heterocycles. The van der Waals surface area contributed by atoms with E-state index in [1.165, 1.54) is 22.3 Å². The molecule has 7 aromatic carbocycles. The van der Waals surface area contributed by atoms with E-state index in [1.54, 1.807) is 0 Å². The first kappa shape index (κ1) is 26.9. The van der Waals surface area contributed by atoms with Crippen molar-refractivity contribution in [3.8, 4) is 33.8 Å². The number of hydrogen-bond acceptors (Lipinski definition) is 2. The van der Waals surface area contributed by atoms with Crippen molar-refractivity contribution in [2.24, 2.45) is 0 Å². The summed E-state index contributed by atoms with van der Waals surface area (Å²) in [6, 6.07) is 60.5. The van der Waals surface area contributed by atoms with Crippen LogP contribution >= 0.6 is 7.14 Å². The maximum atomic E-state index is 15.0. The highest BCUT2D eigenvalue weighted by molar-refractivity contribution is 7.85. The standard InChI is InChI=1S/C43H29O2P/c44-46(32-13-3-1-4-14-32,33-15-5-2-6-16-33)34-26-23-30(24-27-34)31-25-28-36-35-17-7-8-18-37(35)43(40(36)29-31)38-19-9-11-21-41(38)45-42-22-12-10-20-39(42)43/h1-29H. The van der Waals surface area contributed by atoms with Crippen LogP contribution in [0.5, 0.6) is 11.5 Å². The molecular weight excluding hydrogens is 579 g/mol. The minimum absolute atomic E-state index is 0.510. The van der Waals surface area contributed by atoms with Gasteiger partial charge in [0, 0.05) is 27.0 Å². The lowest BCUT2D eigenvalue weighted by atomic mass is 9.66. The predicted octanol–water partition coefficient (Wildman–Crippen LogP) is 9.46. The summed E-state index contributed by atoms with van der Waals surface area (Å²) < 4.78 is 21.5. The number of para-hydroxylation sites is 2. The Hall–Kier alpha value is -5.43. The van der Waals surface area contributed by atoms with Gasteiger partial charge in [-0.15, -0.1) is 0 Å². The first-order valence-corrected chi connectivity index (χ1v) is 17.3. The lowest BCUT2D eigenvalue weighted by Crippen LogP contribution is -2.32. The Morgan fingerprint density at radius 3 is 1.46 bits per heavy atom. The van der Waals surface area contributed by atoms with Gasteiger partial charge in [0.25, 0.3) is 0 Å². The van der Waals surface area contributed by atoms with E-state index in [0.717, 1.165) is 49.7 Å². The van der Waals surface area contributed by atoms with Crippen molar-refractivity contribution >= 4 is 23.1 Å². The van der Waals surface area contributed by atoms with Crippen LogP contribution in [0.1, 0.15) is 22.3 Å². The van der Waals surface area contributed by atoms with Gasteiger partial charge in [-0.05, 0) is 51.6 Å². The quantitative estimate of drug-likeness (QED) is 0.186. The minimum atomic E-state index is -3.05. The zero-order valence-electron chi connectivity index (χ0n) is 25.0. The third kappa shape index (κ3) is 3.75. The Balaban J connectivity index is 1.23. The Bertz CT molecular complexity index is 2220. The fourth-order valence-electron chi connectivity index (χ4n) is 7.62. The molecule has 0 saturated carbocycles. The van der Waals surface area contributed by atoms with Gasteiger partial charge in [0.2, 0.25) is 0 Å². The molecular formula is C43H29O2P. The van der Waals surface area contributed by atoms with Crippen molar-refractivity contribution in [2.75, 3.05) is 0 Å². The monoisotopic (exact) mass is 608 g/mol. The zero-order chi connectivity index (χ0) is 30.7. The van der Waals surface area contributed by atoms with Crippen LogP contribution in [-0.4, -0.2) is 0 Å². The van der Waals surface area contributed by atoms with Gasteiger partial charge >= 0.3 is 0 Å². The van der Waals surface area contributed by atoms with Gasteiger partial charge in [0.1, 0.15) is 11.5 Å². The van der Waals surface area contributed by atoms with Crippen molar-refractivity contribution in [2.45, 2.75) is 5.41 Å². The molecule has 0 radical (unpaired) electrons. The van der Waals surface area contributed by atoms with Crippen molar-refractivity contribution in [1.29, 1.82) is 0 Å². The molecule has 0 atom stereocenters. The molecule has 0 unspecified atom stereocenters. The molecule has 2 aliphatic rings. The maximum Gasteiger partial charge on any atom is 0.171 e. The van der Waals surface area contributed by atoms with Crippen molar-refractivity contribution in [3.05, 3.63) is 198 Å². The van der Waals surface area contributed by atoms with Crippen LogP contribution in [0.25, 0.3) is 22.3 Å². The molecule has 218 valence electrons. The molecule has 0 saturated heterocycles. The molecule has 46 heavy (non-hydrogen) atoms. The van der Waals surface area contributed by atoms with Crippen molar-refractivity contribution in [1.82, 2.24) is 0 Å². The molecule has 1 aliphatic carbocycles. The topological polar surface area (TPSA) is 26.3 Å². The summed E-state index contributed by atoms with van der Waals surface area (Å²) in [4.78, 5) is 0. The summed E-state index contributed by atoms with van der Waals surface area (Å²) in [5.41, 5.74) is 9.00. The molecule has 0 fully saturated rings. The van der Waals surface area contributed by atoms with E-state index >= 15 is 0 Å². The second kappa shape index (κ2) is 10.3. The normalized spacial score (nSPS) is 13.7. The van der Waals surface area contributed by atoms with Crippen molar-refractivity contribution in [3.63, 3.8) is 0 Å². The molecule has 1 aliphatic heterocycles. The molecule has 0 amide bonds. The average Bonchev–Trinajstić information content (AvgIpc) is 3.42. The molecule has 0 N–H and O–H groups in total. The van der Waals surface area contributed by atoms with Gasteiger partial charge in [-0.3, -0.25) is 0 Å². The Morgan fingerprint density at radius 1 is 0.391 bits per heavy atom. The molecule has 9 rings (SSSR count). The van der Waals surface area contributed by atoms with Crippen LogP contribution < -0.4 is 20.7 Å². The molecule has 0 aromatic heterocycles. The van der Waals surface area contributed by atoms with Crippen LogP contribution in [0.3, 0.4) is 0 Å². The number of benzene rings is 7. The van der Waals surface area contributed by atoms with Gasteiger partial charge in [-0.25, -0.2) is 0 Å². The third-order valence-corrected chi connectivity index (χ3v) is 12.7. The fraction of sp³-hybridized carbons (Fsp3) is 0.0233. The van der Waals surface area contributed by atoms with Gasteiger partial charge in [-0.2, -0.15) is 0 Å². The first-order valence-electron chi connectivity index (χ1n) is 15.6. The smallest absolute Gasteiger partial charge is 0.171 e. The Labute approximate surface area is 269 Å². The van der Waals surface area contributed by atoms with Crippen LogP contribution in [0.4, 0.5) is 0 Å². The molecule has 3 heteroatoms. The lowest BCUT2D eigenvalue weighted by molar-refractivity contribution is 0.436. The molecule has 2 nitrogen and oxygen atoms in total. The first-order chi connectivity index (χ1) is 22.7. The maximum absolute atomic E-state index is 15.0. The van der Waals surface area contributed by atoms with Crippen LogP contribution in [0.2, 0.25) is 0 Å². The number of fused-ring (bicyclic) bond motifs is 9. The Morgan fingerprint density at radius 2 is 0.848 bits per heavy atom. The summed E-state index contributed by atoms with van der Waals surface area (Å²) in [7, 11) is -3.05. The predicted molar refractivity (Wildman–Crippen MR) is 189 cm³/mol. The van der Waals surface area contributed by atoms with E-state index in [1.807, 2.05) is 84.9 Å². The highest BCUT2D eigenvalue weighted by atomic mass is 31.2. The SMILES string of the molecule is O=P(c1ccccc1)(c1ccccc1)c1ccc(-c2ccc3c(c2)C2(c4ccccc4Oc4ccccc42)c2ccccc2-3)cc1. The highest BCUT2D eigenvalue weighted by Gasteiger charge is 2.51. The minimum Gasteiger partial charge on any atom is -0.457 e. The molecule has 0 bridgehead atoms. The van der Waals surface area contributed by atoms with Crippen LogP contribution in [0.15, 0.2) is 176 Å². The van der Waals surface area contributed by atoms with Gasteiger partial charge in [-0.1, -0.05) is 158 Å². The van der Waals surface area contributed by atoms with E-state index in [9.17, 15) is 4.57 Å². The summed E-state index contributed by atoms with van der Waals surface area (Å²) in [6.45, 7) is 0. The molecule has 1 spiro atoms. The second-order valence-corrected chi connectivity index (χ2v) is 14.7. The molecule has 7 aromatic rings. The zero-order valence-corrected chi connectivity index (χ0v) is 25.9. The Kier molecular flexibility index (Phi) is 6.03. The van der Waals surface area contributed by atoms with E-state index in [2.05, 4.69) is 91.0 Å². The lowest BCUT2D eigenvalue weighted by Gasteiger charge is -2.39. The van der Waals surface area contributed by atoms with Gasteiger partial charge in [0.15, 0.2) is 7.14 Å². The van der Waals surface area contributed by atoms with E-state index in [4.69, 9.17) is 4.74 Å². The third-order valence-electron chi connectivity index (χ3n) is 9.65. The summed E-state index contributed by atoms with van der Waals surface area (Å²) >= 11 is 0. The summed E-state index contributed by atoms with van der Waals surface area (Å²) in [6.07, 6.45) is 0. The fourth-order valence-corrected chi connectivity index (χ4v) is 10.3. The number of ether oxygens (including phenoxy) is 1. The second-order valence-electron chi connectivity index (χ2n) is 12.0. The van der Waals surface area contributed by atoms with E-state index in [0.29, 0.717) is 0 Å². The summed E-state index contributed by atoms with van der Waals surface area (Å²) in [5.74, 6) is 1.77. The highest BCUT2D eigenvalue weighted by Crippen LogP contribution is 2.62. The van der Waals surface area contributed by atoms with Crippen LogP contribution in [0, 0.1) is 0 Å². The number of rotatable bonds is 4. The number of hydrogen-bond donors (Lipinski definition) is 0.